The average molecular weight is 157 g/mol. The Kier molecular flexibility index (Phi) is 2.88. The summed E-state index contributed by atoms with van der Waals surface area (Å²) < 4.78 is 0. The molecule has 0 spiro atoms. The molecule has 1 aliphatic heterocycles. The zero-order valence-electron chi connectivity index (χ0n) is 6.86. The van der Waals surface area contributed by atoms with Crippen molar-refractivity contribution < 1.29 is 9.90 Å². The van der Waals surface area contributed by atoms with E-state index in [2.05, 4.69) is 0 Å². The molecular weight excluding hydrogens is 142 g/mol. The van der Waals surface area contributed by atoms with Crippen LogP contribution < -0.4 is 0 Å². The van der Waals surface area contributed by atoms with Crippen molar-refractivity contribution in [3.8, 4) is 0 Å². The highest BCUT2D eigenvalue weighted by atomic mass is 16.3. The van der Waals surface area contributed by atoms with Crippen LogP contribution in [0.1, 0.15) is 26.2 Å². The van der Waals surface area contributed by atoms with Gasteiger partial charge in [-0.15, -0.1) is 0 Å². The van der Waals surface area contributed by atoms with Crippen molar-refractivity contribution in [1.82, 2.24) is 4.90 Å². The Hall–Kier alpha value is -0.570. The minimum atomic E-state index is -0.291. The van der Waals surface area contributed by atoms with Gasteiger partial charge in [0.2, 0.25) is 6.41 Å². The summed E-state index contributed by atoms with van der Waals surface area (Å²) in [6.07, 6.45) is 3.44. The molecule has 1 heterocycles. The topological polar surface area (TPSA) is 40.5 Å². The molecule has 0 aromatic carbocycles. The van der Waals surface area contributed by atoms with Gasteiger partial charge in [-0.1, -0.05) is 0 Å². The predicted octanol–water partition coefficient (Wildman–Crippen LogP) is 0.378. The molecule has 2 atom stereocenters. The van der Waals surface area contributed by atoms with Gasteiger partial charge < -0.3 is 10.0 Å². The third-order valence-electron chi connectivity index (χ3n) is 2.17. The fourth-order valence-corrected chi connectivity index (χ4v) is 1.64. The van der Waals surface area contributed by atoms with Gasteiger partial charge in [-0.05, 0) is 26.2 Å². The molecule has 0 saturated carbocycles. The quantitative estimate of drug-likeness (QED) is 0.601. The Morgan fingerprint density at radius 2 is 2.55 bits per heavy atom. The molecule has 0 aliphatic carbocycles. The number of aliphatic hydroxyl groups excluding tert-OH is 1. The summed E-state index contributed by atoms with van der Waals surface area (Å²) >= 11 is 0. The molecule has 1 fully saturated rings. The number of carbonyl (C=O) groups excluding carboxylic acids is 1. The first-order valence-electron chi connectivity index (χ1n) is 4.13. The molecule has 0 unspecified atom stereocenters. The molecule has 3 heteroatoms. The smallest absolute Gasteiger partial charge is 0.209 e. The van der Waals surface area contributed by atoms with E-state index in [1.807, 2.05) is 0 Å². The van der Waals surface area contributed by atoms with Crippen LogP contribution in [0, 0.1) is 0 Å². The van der Waals surface area contributed by atoms with Crippen molar-refractivity contribution in [3.63, 3.8) is 0 Å². The summed E-state index contributed by atoms with van der Waals surface area (Å²) in [4.78, 5) is 12.2. The molecule has 1 saturated heterocycles. The lowest BCUT2D eigenvalue weighted by Crippen LogP contribution is -2.30. The van der Waals surface area contributed by atoms with Gasteiger partial charge in [0.1, 0.15) is 0 Å². The monoisotopic (exact) mass is 157 g/mol. The molecule has 1 aliphatic rings. The summed E-state index contributed by atoms with van der Waals surface area (Å²) in [5.41, 5.74) is 0. The van der Waals surface area contributed by atoms with Crippen molar-refractivity contribution in [3.05, 3.63) is 0 Å². The van der Waals surface area contributed by atoms with Gasteiger partial charge >= 0.3 is 0 Å². The minimum Gasteiger partial charge on any atom is -0.393 e. The van der Waals surface area contributed by atoms with Crippen molar-refractivity contribution in [1.29, 1.82) is 0 Å². The minimum absolute atomic E-state index is 0.285. The number of amides is 1. The van der Waals surface area contributed by atoms with Crippen molar-refractivity contribution in [2.45, 2.75) is 38.3 Å². The second-order valence-electron chi connectivity index (χ2n) is 3.22. The molecule has 1 rings (SSSR count). The largest absolute Gasteiger partial charge is 0.393 e. The fourth-order valence-electron chi connectivity index (χ4n) is 1.64. The number of rotatable bonds is 3. The summed E-state index contributed by atoms with van der Waals surface area (Å²) in [5.74, 6) is 0. The first-order chi connectivity index (χ1) is 5.24. The van der Waals surface area contributed by atoms with Crippen molar-refractivity contribution in [2.24, 2.45) is 0 Å². The highest BCUT2D eigenvalue weighted by Gasteiger charge is 2.23. The number of aliphatic hydroxyl groups is 1. The zero-order chi connectivity index (χ0) is 8.27. The van der Waals surface area contributed by atoms with E-state index in [9.17, 15) is 4.79 Å². The van der Waals surface area contributed by atoms with E-state index in [1.54, 1.807) is 11.8 Å². The van der Waals surface area contributed by atoms with E-state index < -0.39 is 0 Å². The lowest BCUT2D eigenvalue weighted by Gasteiger charge is -2.20. The summed E-state index contributed by atoms with van der Waals surface area (Å²) in [6, 6.07) is 0.285. The van der Waals surface area contributed by atoms with Crippen LogP contribution in [-0.2, 0) is 4.79 Å². The molecule has 0 aromatic rings. The van der Waals surface area contributed by atoms with Crippen molar-refractivity contribution >= 4 is 6.41 Å². The predicted molar refractivity (Wildman–Crippen MR) is 42.1 cm³/mol. The van der Waals surface area contributed by atoms with Gasteiger partial charge in [0, 0.05) is 12.6 Å². The first-order valence-corrected chi connectivity index (χ1v) is 4.13. The molecule has 0 aromatic heterocycles. The van der Waals surface area contributed by atoms with E-state index in [1.165, 1.54) is 0 Å². The molecule has 1 N–H and O–H groups in total. The van der Waals surface area contributed by atoms with Crippen LogP contribution in [0.5, 0.6) is 0 Å². The van der Waals surface area contributed by atoms with Crippen LogP contribution in [-0.4, -0.2) is 35.1 Å². The Balaban J connectivity index is 2.37. The highest BCUT2D eigenvalue weighted by Crippen LogP contribution is 2.19. The maximum Gasteiger partial charge on any atom is 0.209 e. The van der Waals surface area contributed by atoms with Gasteiger partial charge in [0.15, 0.2) is 0 Å². The zero-order valence-corrected chi connectivity index (χ0v) is 6.86. The van der Waals surface area contributed by atoms with E-state index in [0.29, 0.717) is 0 Å². The van der Waals surface area contributed by atoms with Gasteiger partial charge in [0.05, 0.1) is 6.10 Å². The second kappa shape index (κ2) is 3.72. The standard InChI is InChI=1S/C8H15NO2/c1-7(11)5-8-3-2-4-9(8)6-10/h6-8,11H,2-5H2,1H3/t7-,8-/m0/s1. The number of carbonyl (C=O) groups is 1. The van der Waals surface area contributed by atoms with Crippen LogP contribution in [0.2, 0.25) is 0 Å². The van der Waals surface area contributed by atoms with Gasteiger partial charge in [0.25, 0.3) is 0 Å². The molecule has 1 amide bonds. The summed E-state index contributed by atoms with van der Waals surface area (Å²) in [5, 5.41) is 9.08. The number of likely N-dealkylation sites (tertiary alicyclic amines) is 1. The molecular formula is C8H15NO2. The molecule has 3 nitrogen and oxygen atoms in total. The molecule has 0 radical (unpaired) electrons. The Labute approximate surface area is 67.0 Å². The number of hydrogen-bond acceptors (Lipinski definition) is 2. The summed E-state index contributed by atoms with van der Waals surface area (Å²) in [7, 11) is 0. The molecule has 64 valence electrons. The van der Waals surface area contributed by atoms with Crippen molar-refractivity contribution in [2.75, 3.05) is 6.54 Å². The Morgan fingerprint density at radius 3 is 3.09 bits per heavy atom. The SMILES string of the molecule is C[C@H](O)C[C@@H]1CCCN1C=O. The lowest BCUT2D eigenvalue weighted by atomic mass is 10.1. The first kappa shape index (κ1) is 8.53. The molecule has 11 heavy (non-hydrogen) atoms. The van der Waals surface area contributed by atoms with Gasteiger partial charge in [-0.25, -0.2) is 0 Å². The number of hydrogen-bond donors (Lipinski definition) is 1. The van der Waals surface area contributed by atoms with Gasteiger partial charge in [-0.3, -0.25) is 4.79 Å². The van der Waals surface area contributed by atoms with Crippen LogP contribution >= 0.6 is 0 Å². The lowest BCUT2D eigenvalue weighted by molar-refractivity contribution is -0.119. The van der Waals surface area contributed by atoms with Crippen LogP contribution in [0.3, 0.4) is 0 Å². The Bertz CT molecular complexity index is 136. The Morgan fingerprint density at radius 1 is 1.82 bits per heavy atom. The third kappa shape index (κ3) is 2.19. The summed E-state index contributed by atoms with van der Waals surface area (Å²) in [6.45, 7) is 2.63. The normalized spacial score (nSPS) is 27.1. The van der Waals surface area contributed by atoms with Crippen LogP contribution in [0.25, 0.3) is 0 Å². The maximum atomic E-state index is 10.4. The van der Waals surface area contributed by atoms with E-state index in [4.69, 9.17) is 5.11 Å². The second-order valence-corrected chi connectivity index (χ2v) is 3.22. The van der Waals surface area contributed by atoms with Crippen LogP contribution in [0.15, 0.2) is 0 Å². The average Bonchev–Trinajstić information content (AvgIpc) is 2.34. The van der Waals surface area contributed by atoms with E-state index in [-0.39, 0.29) is 12.1 Å². The molecule has 0 bridgehead atoms. The third-order valence-corrected chi connectivity index (χ3v) is 2.17. The van der Waals surface area contributed by atoms with E-state index in [0.717, 1.165) is 32.2 Å². The van der Waals surface area contributed by atoms with E-state index >= 15 is 0 Å². The maximum absolute atomic E-state index is 10.4. The van der Waals surface area contributed by atoms with Crippen LogP contribution in [0.4, 0.5) is 0 Å². The highest BCUT2D eigenvalue weighted by molar-refractivity contribution is 5.48. The number of nitrogens with zero attached hydrogens (tertiary/aromatic N) is 1. The van der Waals surface area contributed by atoms with Gasteiger partial charge in [-0.2, -0.15) is 0 Å². The fraction of sp³-hybridized carbons (Fsp3) is 0.875.